The maximum absolute atomic E-state index is 9.52. The van der Waals surface area contributed by atoms with Crippen molar-refractivity contribution in [3.63, 3.8) is 0 Å². The molecule has 0 aliphatic heterocycles. The average Bonchev–Trinajstić information content (AvgIpc) is 2.51. The van der Waals surface area contributed by atoms with E-state index >= 15 is 0 Å². The highest BCUT2D eigenvalue weighted by Crippen LogP contribution is 2.42. The van der Waals surface area contributed by atoms with E-state index in [0.717, 1.165) is 25.2 Å². The molecule has 0 amide bonds. The van der Waals surface area contributed by atoms with Crippen LogP contribution in [0.25, 0.3) is 0 Å². The number of nitrogens with zero attached hydrogens (tertiary/aromatic N) is 1. The van der Waals surface area contributed by atoms with Crippen LogP contribution in [0.3, 0.4) is 0 Å². The molecular weight excluding hydrogens is 254 g/mol. The van der Waals surface area contributed by atoms with E-state index in [1.807, 2.05) is 0 Å². The van der Waals surface area contributed by atoms with Gasteiger partial charge in [0.15, 0.2) is 0 Å². The molecule has 0 saturated heterocycles. The molecule has 1 saturated carbocycles. The molecule has 21 heavy (non-hydrogen) atoms. The van der Waals surface area contributed by atoms with Gasteiger partial charge in [-0.2, -0.15) is 5.26 Å². The van der Waals surface area contributed by atoms with Gasteiger partial charge in [0.2, 0.25) is 0 Å². The van der Waals surface area contributed by atoms with E-state index in [1.165, 1.54) is 77.0 Å². The normalized spacial score (nSPS) is 25.7. The number of rotatable bonds is 11. The molecule has 0 aromatic carbocycles. The van der Waals surface area contributed by atoms with Crippen LogP contribution < -0.4 is 0 Å². The van der Waals surface area contributed by atoms with E-state index in [4.69, 9.17) is 0 Å². The summed E-state index contributed by atoms with van der Waals surface area (Å²) >= 11 is 0. The zero-order valence-corrected chi connectivity index (χ0v) is 14.6. The smallest absolute Gasteiger partial charge is 0.0689 e. The summed E-state index contributed by atoms with van der Waals surface area (Å²) < 4.78 is 0. The predicted octanol–water partition coefficient (Wildman–Crippen LogP) is 7.02. The lowest BCUT2D eigenvalue weighted by atomic mass is 9.69. The fraction of sp³-hybridized carbons (Fsp3) is 0.950. The van der Waals surface area contributed by atoms with Crippen molar-refractivity contribution >= 4 is 0 Å². The molecule has 0 N–H and O–H groups in total. The Balaban J connectivity index is 1.97. The van der Waals surface area contributed by atoms with Crippen molar-refractivity contribution in [2.45, 2.75) is 110 Å². The lowest BCUT2D eigenvalue weighted by Crippen LogP contribution is -2.25. The van der Waals surface area contributed by atoms with Gasteiger partial charge in [0.1, 0.15) is 0 Å². The summed E-state index contributed by atoms with van der Waals surface area (Å²) in [5, 5.41) is 9.52. The Morgan fingerprint density at radius 2 is 1.33 bits per heavy atom. The minimum atomic E-state index is 0.0483. The van der Waals surface area contributed by atoms with Gasteiger partial charge in [0.05, 0.1) is 11.5 Å². The second-order valence-corrected chi connectivity index (χ2v) is 7.51. The van der Waals surface area contributed by atoms with Gasteiger partial charge >= 0.3 is 0 Å². The zero-order chi connectivity index (χ0) is 15.4. The number of unbranched alkanes of at least 4 members (excludes halogenated alkanes) is 9. The molecule has 1 aliphatic rings. The number of hydrogen-bond acceptors (Lipinski definition) is 1. The first-order valence-corrected chi connectivity index (χ1v) is 9.64. The van der Waals surface area contributed by atoms with E-state index in [1.54, 1.807) is 0 Å². The van der Waals surface area contributed by atoms with Gasteiger partial charge in [0.25, 0.3) is 0 Å². The quantitative estimate of drug-likeness (QED) is 0.375. The zero-order valence-electron chi connectivity index (χ0n) is 14.6. The lowest BCUT2D eigenvalue weighted by Gasteiger charge is -2.33. The Labute approximate surface area is 133 Å². The van der Waals surface area contributed by atoms with Crippen molar-refractivity contribution in [3.05, 3.63) is 0 Å². The monoisotopic (exact) mass is 291 g/mol. The SMILES string of the molecule is CCCCCCCCCCCCC1(C#N)CCC(C)CC1. The van der Waals surface area contributed by atoms with E-state index in [2.05, 4.69) is 19.9 Å². The van der Waals surface area contributed by atoms with Gasteiger partial charge in [0, 0.05) is 0 Å². The predicted molar refractivity (Wildman–Crippen MR) is 92.1 cm³/mol. The van der Waals surface area contributed by atoms with Crippen LogP contribution in [0.4, 0.5) is 0 Å². The van der Waals surface area contributed by atoms with Gasteiger partial charge in [-0.1, -0.05) is 78.1 Å². The van der Waals surface area contributed by atoms with Crippen molar-refractivity contribution in [2.24, 2.45) is 11.3 Å². The summed E-state index contributed by atoms with van der Waals surface area (Å²) in [7, 11) is 0. The Morgan fingerprint density at radius 3 is 1.81 bits per heavy atom. The van der Waals surface area contributed by atoms with Crippen LogP contribution in [0, 0.1) is 22.7 Å². The highest BCUT2D eigenvalue weighted by atomic mass is 14.4. The van der Waals surface area contributed by atoms with Crippen molar-refractivity contribution in [2.75, 3.05) is 0 Å². The molecule has 0 unspecified atom stereocenters. The van der Waals surface area contributed by atoms with Crippen LogP contribution in [-0.4, -0.2) is 0 Å². The van der Waals surface area contributed by atoms with Gasteiger partial charge in [-0.05, 0) is 38.0 Å². The molecule has 0 aromatic rings. The molecule has 1 rings (SSSR count). The molecule has 0 heterocycles. The van der Waals surface area contributed by atoms with Gasteiger partial charge in [-0.3, -0.25) is 0 Å². The largest absolute Gasteiger partial charge is 0.198 e. The molecule has 0 radical (unpaired) electrons. The van der Waals surface area contributed by atoms with Crippen LogP contribution in [0.5, 0.6) is 0 Å². The molecule has 1 nitrogen and oxygen atoms in total. The van der Waals surface area contributed by atoms with Crippen LogP contribution in [0.15, 0.2) is 0 Å². The fourth-order valence-electron chi connectivity index (χ4n) is 3.68. The topological polar surface area (TPSA) is 23.8 Å². The minimum absolute atomic E-state index is 0.0483. The third kappa shape index (κ3) is 7.89. The van der Waals surface area contributed by atoms with Crippen molar-refractivity contribution < 1.29 is 0 Å². The molecule has 122 valence electrons. The van der Waals surface area contributed by atoms with E-state index in [9.17, 15) is 5.26 Å². The molecule has 1 heteroatoms. The first-order valence-electron chi connectivity index (χ1n) is 9.64. The molecule has 0 bridgehead atoms. The second-order valence-electron chi connectivity index (χ2n) is 7.51. The first-order chi connectivity index (χ1) is 10.2. The van der Waals surface area contributed by atoms with Crippen LogP contribution in [-0.2, 0) is 0 Å². The molecule has 1 fully saturated rings. The van der Waals surface area contributed by atoms with Gasteiger partial charge in [-0.25, -0.2) is 0 Å². The van der Waals surface area contributed by atoms with Crippen LogP contribution in [0.1, 0.15) is 110 Å². The van der Waals surface area contributed by atoms with Crippen molar-refractivity contribution in [1.29, 1.82) is 5.26 Å². The maximum Gasteiger partial charge on any atom is 0.0689 e. The molecule has 0 atom stereocenters. The number of nitriles is 1. The Bertz CT molecular complexity index is 281. The highest BCUT2D eigenvalue weighted by molar-refractivity contribution is 5.01. The highest BCUT2D eigenvalue weighted by Gasteiger charge is 2.33. The van der Waals surface area contributed by atoms with Gasteiger partial charge in [-0.15, -0.1) is 0 Å². The molecule has 0 aromatic heterocycles. The third-order valence-corrected chi connectivity index (χ3v) is 5.48. The number of hydrogen-bond donors (Lipinski definition) is 0. The van der Waals surface area contributed by atoms with Crippen molar-refractivity contribution in [1.82, 2.24) is 0 Å². The first kappa shape index (κ1) is 18.5. The lowest BCUT2D eigenvalue weighted by molar-refractivity contribution is 0.201. The minimum Gasteiger partial charge on any atom is -0.198 e. The van der Waals surface area contributed by atoms with Gasteiger partial charge < -0.3 is 0 Å². The molecule has 1 aliphatic carbocycles. The fourth-order valence-corrected chi connectivity index (χ4v) is 3.68. The van der Waals surface area contributed by atoms with E-state index in [0.29, 0.717) is 0 Å². The van der Waals surface area contributed by atoms with E-state index in [-0.39, 0.29) is 5.41 Å². The third-order valence-electron chi connectivity index (χ3n) is 5.48. The Hall–Kier alpha value is -0.510. The standard InChI is InChI=1S/C20H37N/c1-3-4-5-6-7-8-9-10-11-12-15-20(18-21)16-13-19(2)14-17-20/h19H,3-17H2,1-2H3. The summed E-state index contributed by atoms with van der Waals surface area (Å²) in [6, 6.07) is 2.67. The molecule has 0 spiro atoms. The second kappa shape index (κ2) is 11.1. The Kier molecular flexibility index (Phi) is 9.81. The summed E-state index contributed by atoms with van der Waals surface area (Å²) in [5.74, 6) is 0.846. The Morgan fingerprint density at radius 1 is 0.857 bits per heavy atom. The summed E-state index contributed by atoms with van der Waals surface area (Å²) in [6.07, 6.45) is 19.9. The maximum atomic E-state index is 9.52. The van der Waals surface area contributed by atoms with Crippen LogP contribution in [0.2, 0.25) is 0 Å². The summed E-state index contributed by atoms with van der Waals surface area (Å²) in [4.78, 5) is 0. The van der Waals surface area contributed by atoms with Crippen LogP contribution >= 0.6 is 0 Å². The van der Waals surface area contributed by atoms with Crippen molar-refractivity contribution in [3.8, 4) is 6.07 Å². The molecular formula is C20H37N. The summed E-state index contributed by atoms with van der Waals surface area (Å²) in [5.41, 5.74) is 0.0483. The summed E-state index contributed by atoms with van der Waals surface area (Å²) in [6.45, 7) is 4.61. The van der Waals surface area contributed by atoms with E-state index < -0.39 is 0 Å². The average molecular weight is 292 g/mol.